The topological polar surface area (TPSA) is 40.5 Å². The van der Waals surface area contributed by atoms with Crippen molar-refractivity contribution < 1.29 is 10.2 Å². The highest BCUT2D eigenvalue weighted by Crippen LogP contribution is 2.68. The number of allylic oxidation sites excluding steroid dienone is 1. The standard InChI is InChI=1S/C22H34O2/c1-4-6-15-7-5-12-20(2)17(15)9-8-16-18(20)10-13-21(3)19(16)11-14-22(21,23)24/h6,15-19,23-24H,1,5,7-14H2,2-3H3/t15?,16-,17?,18+,19+,20+,21+/m1/s1. The van der Waals surface area contributed by atoms with Gasteiger partial charge < -0.3 is 10.2 Å². The zero-order valence-electron chi connectivity index (χ0n) is 15.4. The highest BCUT2D eigenvalue weighted by molar-refractivity contribution is 5.12. The van der Waals surface area contributed by atoms with Crippen LogP contribution >= 0.6 is 0 Å². The first kappa shape index (κ1) is 16.9. The van der Waals surface area contributed by atoms with Crippen LogP contribution in [0.25, 0.3) is 0 Å². The van der Waals surface area contributed by atoms with Gasteiger partial charge in [-0.2, -0.15) is 0 Å². The van der Waals surface area contributed by atoms with E-state index in [-0.39, 0.29) is 5.41 Å². The monoisotopic (exact) mass is 330 g/mol. The Balaban J connectivity index is 1.65. The van der Waals surface area contributed by atoms with Crippen LogP contribution in [0.15, 0.2) is 18.4 Å². The maximum absolute atomic E-state index is 10.6. The van der Waals surface area contributed by atoms with Gasteiger partial charge in [-0.05, 0) is 86.0 Å². The number of hydrogen-bond acceptors (Lipinski definition) is 2. The van der Waals surface area contributed by atoms with Crippen molar-refractivity contribution in [2.75, 3.05) is 0 Å². The smallest absolute Gasteiger partial charge is 0.168 e. The zero-order valence-corrected chi connectivity index (χ0v) is 15.4. The fourth-order valence-corrected chi connectivity index (χ4v) is 7.82. The van der Waals surface area contributed by atoms with Gasteiger partial charge in [0.2, 0.25) is 0 Å². The molecule has 4 aliphatic rings. The molecule has 0 aliphatic heterocycles. The van der Waals surface area contributed by atoms with Crippen molar-refractivity contribution in [3.05, 3.63) is 18.4 Å². The molecule has 2 nitrogen and oxygen atoms in total. The van der Waals surface area contributed by atoms with Crippen LogP contribution in [0, 0.1) is 40.4 Å². The second kappa shape index (κ2) is 5.47. The van der Waals surface area contributed by atoms with Crippen LogP contribution < -0.4 is 0 Å². The van der Waals surface area contributed by atoms with Crippen molar-refractivity contribution in [3.8, 4) is 0 Å². The summed E-state index contributed by atoms with van der Waals surface area (Å²) in [6, 6.07) is 0. The summed E-state index contributed by atoms with van der Waals surface area (Å²) >= 11 is 0. The number of aliphatic hydroxyl groups is 2. The summed E-state index contributed by atoms with van der Waals surface area (Å²) in [7, 11) is 0. The summed E-state index contributed by atoms with van der Waals surface area (Å²) in [5.41, 5.74) is 3.21. The molecule has 0 radical (unpaired) electrons. The van der Waals surface area contributed by atoms with E-state index in [1.165, 1.54) is 38.5 Å². The normalized spacial score (nSPS) is 52.6. The molecule has 0 aromatic carbocycles. The molecule has 4 aliphatic carbocycles. The molecular weight excluding hydrogens is 296 g/mol. The fraction of sp³-hybridized carbons (Fsp3) is 0.864. The lowest BCUT2D eigenvalue weighted by molar-refractivity contribution is -0.252. The molecule has 2 unspecified atom stereocenters. The Hall–Kier alpha value is -0.560. The highest BCUT2D eigenvalue weighted by atomic mass is 16.5. The summed E-state index contributed by atoms with van der Waals surface area (Å²) < 4.78 is 0. The van der Waals surface area contributed by atoms with Crippen LogP contribution in [0.1, 0.15) is 71.6 Å². The van der Waals surface area contributed by atoms with Crippen LogP contribution in [0.5, 0.6) is 0 Å². The van der Waals surface area contributed by atoms with Gasteiger partial charge in [-0.15, -0.1) is 5.73 Å². The lowest BCUT2D eigenvalue weighted by Crippen LogP contribution is -2.57. The second-order valence-corrected chi connectivity index (χ2v) is 9.80. The number of hydrogen-bond donors (Lipinski definition) is 2. The molecule has 0 bridgehead atoms. The van der Waals surface area contributed by atoms with Gasteiger partial charge >= 0.3 is 0 Å². The molecule has 2 heteroatoms. The zero-order chi connectivity index (χ0) is 17.2. The third-order valence-electron chi connectivity index (χ3n) is 9.15. The molecule has 0 aromatic heterocycles. The fourth-order valence-electron chi connectivity index (χ4n) is 7.82. The van der Waals surface area contributed by atoms with Crippen molar-refractivity contribution in [2.24, 2.45) is 40.4 Å². The maximum Gasteiger partial charge on any atom is 0.168 e. The molecule has 0 amide bonds. The van der Waals surface area contributed by atoms with Gasteiger partial charge in [0.15, 0.2) is 5.79 Å². The molecule has 4 rings (SSSR count). The van der Waals surface area contributed by atoms with Gasteiger partial charge in [-0.25, -0.2) is 0 Å². The summed E-state index contributed by atoms with van der Waals surface area (Å²) in [5.74, 6) is 1.96. The molecule has 0 aromatic rings. The van der Waals surface area contributed by atoms with Crippen molar-refractivity contribution in [1.29, 1.82) is 0 Å². The van der Waals surface area contributed by atoms with E-state index in [1.54, 1.807) is 0 Å². The van der Waals surface area contributed by atoms with Crippen LogP contribution in [-0.2, 0) is 0 Å². The number of rotatable bonds is 1. The van der Waals surface area contributed by atoms with Crippen LogP contribution in [0.4, 0.5) is 0 Å². The van der Waals surface area contributed by atoms with Gasteiger partial charge in [0, 0.05) is 11.8 Å². The van der Waals surface area contributed by atoms with Crippen LogP contribution in [0.2, 0.25) is 0 Å². The first-order valence-corrected chi connectivity index (χ1v) is 10.1. The van der Waals surface area contributed by atoms with Gasteiger partial charge in [0.05, 0.1) is 0 Å². The van der Waals surface area contributed by atoms with Gasteiger partial charge in [0.1, 0.15) is 0 Å². The summed E-state index contributed by atoms with van der Waals surface area (Å²) in [4.78, 5) is 0. The van der Waals surface area contributed by atoms with Crippen molar-refractivity contribution >= 4 is 0 Å². The molecule has 0 heterocycles. The minimum absolute atomic E-state index is 0.285. The predicted molar refractivity (Wildman–Crippen MR) is 96.1 cm³/mol. The maximum atomic E-state index is 10.6. The Morgan fingerprint density at radius 3 is 2.42 bits per heavy atom. The highest BCUT2D eigenvalue weighted by Gasteiger charge is 2.64. The largest absolute Gasteiger partial charge is 0.365 e. The molecule has 4 saturated carbocycles. The molecule has 24 heavy (non-hydrogen) atoms. The van der Waals surface area contributed by atoms with Crippen LogP contribution in [0.3, 0.4) is 0 Å². The Bertz CT molecular complexity index is 560. The van der Waals surface area contributed by atoms with Crippen molar-refractivity contribution in [1.82, 2.24) is 0 Å². The van der Waals surface area contributed by atoms with E-state index >= 15 is 0 Å². The molecule has 0 spiro atoms. The third-order valence-corrected chi connectivity index (χ3v) is 9.15. The average Bonchev–Trinajstić information content (AvgIpc) is 2.77. The number of fused-ring (bicyclic) bond motifs is 5. The quantitative estimate of drug-likeness (QED) is 0.542. The molecule has 4 fully saturated rings. The molecular formula is C22H34O2. The summed E-state index contributed by atoms with van der Waals surface area (Å²) in [6.45, 7) is 8.54. The van der Waals surface area contributed by atoms with Crippen LogP contribution in [-0.4, -0.2) is 16.0 Å². The average molecular weight is 331 g/mol. The Morgan fingerprint density at radius 2 is 1.67 bits per heavy atom. The first-order chi connectivity index (χ1) is 11.3. The predicted octanol–water partition coefficient (Wildman–Crippen LogP) is 4.67. The lowest BCUT2D eigenvalue weighted by atomic mass is 9.43. The van der Waals surface area contributed by atoms with E-state index in [9.17, 15) is 10.2 Å². The van der Waals surface area contributed by atoms with E-state index in [0.29, 0.717) is 29.6 Å². The van der Waals surface area contributed by atoms with E-state index in [4.69, 9.17) is 0 Å². The minimum Gasteiger partial charge on any atom is -0.365 e. The van der Waals surface area contributed by atoms with Gasteiger partial charge in [0.25, 0.3) is 0 Å². The molecule has 7 atom stereocenters. The third kappa shape index (κ3) is 2.09. The first-order valence-electron chi connectivity index (χ1n) is 10.1. The second-order valence-electron chi connectivity index (χ2n) is 9.80. The van der Waals surface area contributed by atoms with E-state index in [1.807, 2.05) is 0 Å². The Labute approximate surface area is 147 Å². The van der Waals surface area contributed by atoms with Crippen molar-refractivity contribution in [2.45, 2.75) is 77.4 Å². The van der Waals surface area contributed by atoms with Crippen molar-refractivity contribution in [3.63, 3.8) is 0 Å². The van der Waals surface area contributed by atoms with Gasteiger partial charge in [-0.1, -0.05) is 26.8 Å². The Kier molecular flexibility index (Phi) is 3.85. The van der Waals surface area contributed by atoms with E-state index in [0.717, 1.165) is 24.7 Å². The lowest BCUT2D eigenvalue weighted by Gasteiger charge is -2.61. The minimum atomic E-state index is -1.44. The van der Waals surface area contributed by atoms with Gasteiger partial charge in [-0.3, -0.25) is 0 Å². The van der Waals surface area contributed by atoms with E-state index < -0.39 is 5.79 Å². The molecule has 2 N–H and O–H groups in total. The Morgan fingerprint density at radius 1 is 0.917 bits per heavy atom. The SMILES string of the molecule is C=C=CC1CCC[C@@]2(C)C1CC[C@@H]1[C@@H]2CC[C@@]2(C)[C@H]1CCC2(O)O. The van der Waals surface area contributed by atoms with E-state index in [2.05, 4.69) is 32.2 Å². The molecule has 134 valence electrons. The molecule has 0 saturated heterocycles. The summed E-state index contributed by atoms with van der Waals surface area (Å²) in [5, 5.41) is 21.2. The summed E-state index contributed by atoms with van der Waals surface area (Å²) in [6.07, 6.45) is 12.5.